The van der Waals surface area contributed by atoms with Crippen LogP contribution in [0.1, 0.15) is 12.0 Å². The number of carbonyl (C=O) groups excluding carboxylic acids is 3. The molecule has 1 heterocycles. The fourth-order valence-electron chi connectivity index (χ4n) is 3.87. The van der Waals surface area contributed by atoms with Gasteiger partial charge in [0.1, 0.15) is 17.5 Å². The van der Waals surface area contributed by atoms with Crippen LogP contribution in [0.3, 0.4) is 0 Å². The van der Waals surface area contributed by atoms with Crippen LogP contribution in [0, 0.1) is 0 Å². The van der Waals surface area contributed by atoms with Gasteiger partial charge in [-0.25, -0.2) is 9.69 Å². The van der Waals surface area contributed by atoms with Gasteiger partial charge in [0.25, 0.3) is 5.91 Å². The molecule has 9 heteroatoms. The van der Waals surface area contributed by atoms with Crippen LogP contribution < -0.4 is 19.7 Å². The average molecular weight is 494 g/mol. The molecule has 1 aliphatic heterocycles. The van der Waals surface area contributed by atoms with Gasteiger partial charge in [0.05, 0.1) is 26.3 Å². The zero-order valence-electron chi connectivity index (χ0n) is 19.2. The molecular weight excluding hydrogens is 470 g/mol. The number of hydrogen-bond donors (Lipinski definition) is 1. The van der Waals surface area contributed by atoms with Gasteiger partial charge in [0.15, 0.2) is 0 Å². The Hall–Kier alpha value is -4.04. The molecular formula is C26H24ClN3O5. The van der Waals surface area contributed by atoms with Gasteiger partial charge in [0.2, 0.25) is 5.91 Å². The molecule has 35 heavy (non-hydrogen) atoms. The molecule has 1 N–H and O–H groups in total. The lowest BCUT2D eigenvalue weighted by atomic mass is 10.1. The summed E-state index contributed by atoms with van der Waals surface area (Å²) in [6.45, 7) is 0.132. The molecule has 4 rings (SSSR count). The third kappa shape index (κ3) is 5.38. The Kier molecular flexibility index (Phi) is 7.22. The second kappa shape index (κ2) is 10.5. The monoisotopic (exact) mass is 493 g/mol. The van der Waals surface area contributed by atoms with Gasteiger partial charge < -0.3 is 19.7 Å². The Balaban J connectivity index is 1.61. The number of carbonyl (C=O) groups is 3. The number of benzene rings is 3. The molecule has 0 aliphatic carbocycles. The van der Waals surface area contributed by atoms with Crippen molar-refractivity contribution in [2.45, 2.75) is 19.0 Å². The van der Waals surface area contributed by atoms with E-state index in [1.807, 2.05) is 6.07 Å². The van der Waals surface area contributed by atoms with Gasteiger partial charge in [-0.2, -0.15) is 0 Å². The highest BCUT2D eigenvalue weighted by atomic mass is 35.5. The predicted octanol–water partition coefficient (Wildman–Crippen LogP) is 4.72. The number of urea groups is 1. The molecule has 4 amide bonds. The minimum absolute atomic E-state index is 0.132. The fraction of sp³-hybridized carbons (Fsp3) is 0.192. The van der Waals surface area contributed by atoms with E-state index in [4.69, 9.17) is 21.1 Å². The summed E-state index contributed by atoms with van der Waals surface area (Å²) >= 11 is 5.91. The van der Waals surface area contributed by atoms with E-state index < -0.39 is 23.9 Å². The molecule has 0 radical (unpaired) electrons. The zero-order chi connectivity index (χ0) is 24.9. The minimum atomic E-state index is -0.983. The van der Waals surface area contributed by atoms with E-state index >= 15 is 0 Å². The summed E-state index contributed by atoms with van der Waals surface area (Å²) < 4.78 is 10.5. The summed E-state index contributed by atoms with van der Waals surface area (Å²) in [7, 11) is 3.09. The highest BCUT2D eigenvalue weighted by Crippen LogP contribution is 2.30. The molecule has 1 saturated heterocycles. The Bertz CT molecular complexity index is 1230. The maximum absolute atomic E-state index is 13.4. The first-order chi connectivity index (χ1) is 16.9. The van der Waals surface area contributed by atoms with Crippen LogP contribution in [0.2, 0.25) is 5.02 Å². The van der Waals surface area contributed by atoms with Crippen molar-refractivity contribution in [1.82, 2.24) is 4.90 Å². The van der Waals surface area contributed by atoms with Crippen LogP contribution >= 0.6 is 11.6 Å². The summed E-state index contributed by atoms with van der Waals surface area (Å²) in [6, 6.07) is 19.0. The summed E-state index contributed by atoms with van der Waals surface area (Å²) in [5.74, 6) is 0.351. The van der Waals surface area contributed by atoms with Crippen molar-refractivity contribution in [1.29, 1.82) is 0 Å². The van der Waals surface area contributed by atoms with E-state index in [0.717, 1.165) is 10.5 Å². The second-order valence-electron chi connectivity index (χ2n) is 7.91. The van der Waals surface area contributed by atoms with Gasteiger partial charge in [-0.05, 0) is 66.2 Å². The third-order valence-corrected chi connectivity index (χ3v) is 5.90. The van der Waals surface area contributed by atoms with E-state index in [1.165, 1.54) is 12.0 Å². The van der Waals surface area contributed by atoms with Crippen molar-refractivity contribution in [2.24, 2.45) is 0 Å². The van der Waals surface area contributed by atoms with Crippen LogP contribution in [-0.4, -0.2) is 43.0 Å². The lowest BCUT2D eigenvalue weighted by Gasteiger charge is -2.22. The van der Waals surface area contributed by atoms with Crippen molar-refractivity contribution < 1.29 is 23.9 Å². The maximum atomic E-state index is 13.4. The Labute approximate surface area is 208 Å². The lowest BCUT2D eigenvalue weighted by Crippen LogP contribution is -2.37. The quantitative estimate of drug-likeness (QED) is 0.458. The first kappa shape index (κ1) is 24.1. The Morgan fingerprint density at radius 3 is 2.29 bits per heavy atom. The Morgan fingerprint density at radius 1 is 0.943 bits per heavy atom. The summed E-state index contributed by atoms with van der Waals surface area (Å²) in [4.78, 5) is 42.2. The molecule has 0 bridgehead atoms. The molecule has 1 atom stereocenters. The highest BCUT2D eigenvalue weighted by Gasteiger charge is 2.46. The molecule has 0 saturated carbocycles. The van der Waals surface area contributed by atoms with E-state index in [-0.39, 0.29) is 13.0 Å². The molecule has 1 fully saturated rings. The smallest absolute Gasteiger partial charge is 0.332 e. The van der Waals surface area contributed by atoms with Crippen molar-refractivity contribution in [3.8, 4) is 11.5 Å². The number of hydrogen-bond acceptors (Lipinski definition) is 5. The number of nitrogens with one attached hydrogen (secondary N) is 1. The molecule has 0 spiro atoms. The van der Waals surface area contributed by atoms with Crippen LogP contribution in [0.25, 0.3) is 0 Å². The number of nitrogens with zero attached hydrogens (tertiary/aromatic N) is 2. The van der Waals surface area contributed by atoms with Gasteiger partial charge >= 0.3 is 6.03 Å². The molecule has 8 nitrogen and oxygen atoms in total. The van der Waals surface area contributed by atoms with Gasteiger partial charge in [0, 0.05) is 17.3 Å². The predicted molar refractivity (Wildman–Crippen MR) is 133 cm³/mol. The second-order valence-corrected chi connectivity index (χ2v) is 8.35. The van der Waals surface area contributed by atoms with E-state index in [0.29, 0.717) is 27.9 Å². The number of imide groups is 1. The van der Waals surface area contributed by atoms with Gasteiger partial charge in [-0.3, -0.25) is 9.59 Å². The first-order valence-corrected chi connectivity index (χ1v) is 11.2. The van der Waals surface area contributed by atoms with E-state index in [1.54, 1.807) is 73.8 Å². The standard InChI is InChI=1S/C26H24ClN3O5/c1-34-21-12-10-20(11-13-21)30-25(32)23(15-24(31)28-19-8-6-18(27)7-9-19)29(26(30)33)16-17-4-3-5-22(14-17)35-2/h3-14,23H,15-16H2,1-2H3,(H,28,31)/t23-/m0/s1. The van der Waals surface area contributed by atoms with Crippen molar-refractivity contribution in [3.05, 3.63) is 83.4 Å². The number of rotatable bonds is 8. The van der Waals surface area contributed by atoms with Gasteiger partial charge in [-0.1, -0.05) is 23.7 Å². The van der Waals surface area contributed by atoms with E-state index in [2.05, 4.69) is 5.32 Å². The summed E-state index contributed by atoms with van der Waals surface area (Å²) in [6.07, 6.45) is -0.205. The highest BCUT2D eigenvalue weighted by molar-refractivity contribution is 6.30. The van der Waals surface area contributed by atoms with Crippen LogP contribution in [0.5, 0.6) is 11.5 Å². The van der Waals surface area contributed by atoms with Gasteiger partial charge in [-0.15, -0.1) is 0 Å². The van der Waals surface area contributed by atoms with Crippen molar-refractivity contribution in [2.75, 3.05) is 24.4 Å². The fourth-order valence-corrected chi connectivity index (χ4v) is 4.00. The van der Waals surface area contributed by atoms with Crippen molar-refractivity contribution in [3.63, 3.8) is 0 Å². The molecule has 1 aliphatic rings. The van der Waals surface area contributed by atoms with Crippen LogP contribution in [0.15, 0.2) is 72.8 Å². The lowest BCUT2D eigenvalue weighted by molar-refractivity contribution is -0.124. The maximum Gasteiger partial charge on any atom is 0.332 e. The summed E-state index contributed by atoms with van der Waals surface area (Å²) in [5.41, 5.74) is 1.71. The minimum Gasteiger partial charge on any atom is -0.497 e. The number of amides is 4. The SMILES string of the molecule is COc1ccc(N2C(=O)[C@H](CC(=O)Nc3ccc(Cl)cc3)N(Cc3cccc(OC)c3)C2=O)cc1. The Morgan fingerprint density at radius 2 is 1.63 bits per heavy atom. The summed E-state index contributed by atoms with van der Waals surface area (Å²) in [5, 5.41) is 3.30. The largest absolute Gasteiger partial charge is 0.497 e. The normalized spacial score (nSPS) is 15.3. The first-order valence-electron chi connectivity index (χ1n) is 10.9. The van der Waals surface area contributed by atoms with E-state index in [9.17, 15) is 14.4 Å². The number of ether oxygens (including phenoxy) is 2. The van der Waals surface area contributed by atoms with Crippen molar-refractivity contribution >= 4 is 40.8 Å². The molecule has 0 aromatic heterocycles. The topological polar surface area (TPSA) is 88.2 Å². The van der Waals surface area contributed by atoms with Crippen LogP contribution in [-0.2, 0) is 16.1 Å². The molecule has 3 aromatic carbocycles. The average Bonchev–Trinajstić information content (AvgIpc) is 3.09. The molecule has 0 unspecified atom stereocenters. The third-order valence-electron chi connectivity index (χ3n) is 5.64. The molecule has 3 aromatic rings. The number of methoxy groups -OCH3 is 2. The molecule has 180 valence electrons. The number of halogens is 1. The zero-order valence-corrected chi connectivity index (χ0v) is 20.0. The van der Waals surface area contributed by atoms with Crippen LogP contribution in [0.4, 0.5) is 16.2 Å². The number of anilines is 2.